The fraction of sp³-hybridized carbons (Fsp3) is 0.500. The van der Waals surface area contributed by atoms with Crippen molar-refractivity contribution in [1.82, 2.24) is 0 Å². The van der Waals surface area contributed by atoms with Crippen LogP contribution in [0.1, 0.15) is 32.3 Å². The summed E-state index contributed by atoms with van der Waals surface area (Å²) in [4.78, 5) is 2.89. The quantitative estimate of drug-likeness (QED) is 0.840. The van der Waals surface area contributed by atoms with Gasteiger partial charge >= 0.3 is 0 Å². The van der Waals surface area contributed by atoms with Gasteiger partial charge in [0, 0.05) is 28.3 Å². The first-order valence-electron chi connectivity index (χ1n) is 6.35. The lowest BCUT2D eigenvalue weighted by molar-refractivity contribution is 0.378. The van der Waals surface area contributed by atoms with Gasteiger partial charge in [0.2, 0.25) is 0 Å². The lowest BCUT2D eigenvalue weighted by atomic mass is 9.92. The number of hydrogen-bond acceptors (Lipinski definition) is 2. The summed E-state index contributed by atoms with van der Waals surface area (Å²) in [6, 6.07) is 6.70. The Balaban J connectivity index is 2.39. The molecule has 0 radical (unpaired) electrons. The molecule has 0 amide bonds. The summed E-state index contributed by atoms with van der Waals surface area (Å²) < 4.78 is 0.985. The maximum absolute atomic E-state index is 5.87. The molecule has 1 aliphatic rings. The zero-order chi connectivity index (χ0) is 13.3. The molecule has 2 atom stereocenters. The van der Waals surface area contributed by atoms with E-state index < -0.39 is 0 Å². The first-order chi connectivity index (χ1) is 8.50. The van der Waals surface area contributed by atoms with E-state index in [1.165, 1.54) is 12.8 Å². The Morgan fingerprint density at radius 3 is 2.78 bits per heavy atom. The highest BCUT2D eigenvalue weighted by Crippen LogP contribution is 2.33. The van der Waals surface area contributed by atoms with Crippen molar-refractivity contribution in [3.05, 3.63) is 28.2 Å². The Hall–Kier alpha value is -0.610. The van der Waals surface area contributed by atoms with Crippen LogP contribution in [0, 0.1) is 5.92 Å². The molecule has 1 saturated heterocycles. The summed E-state index contributed by atoms with van der Waals surface area (Å²) >= 11 is 8.74. The molecule has 2 nitrogen and oxygen atoms in total. The first kappa shape index (κ1) is 13.8. The van der Waals surface area contributed by atoms with Crippen LogP contribution in [0.15, 0.2) is 22.7 Å². The first-order valence-corrected chi connectivity index (χ1v) is 7.55. The van der Waals surface area contributed by atoms with E-state index in [0.29, 0.717) is 11.0 Å². The van der Waals surface area contributed by atoms with Crippen LogP contribution in [0.5, 0.6) is 0 Å². The van der Waals surface area contributed by atoms with Crippen molar-refractivity contribution >= 4 is 38.8 Å². The zero-order valence-electron chi connectivity index (χ0n) is 10.8. The number of nitrogens with zero attached hydrogens (tertiary/aromatic N) is 1. The molecule has 1 aromatic carbocycles. The number of anilines is 1. The zero-order valence-corrected chi connectivity index (χ0v) is 13.2. The smallest absolute Gasteiger partial charge is 0.107 e. The monoisotopic (exact) mass is 326 g/mol. The minimum absolute atomic E-state index is 0.461. The second-order valence-corrected chi connectivity index (χ2v) is 6.46. The van der Waals surface area contributed by atoms with E-state index >= 15 is 0 Å². The lowest BCUT2D eigenvalue weighted by Crippen LogP contribution is -2.41. The molecule has 0 aromatic heterocycles. The highest BCUT2D eigenvalue weighted by atomic mass is 79.9. The number of benzene rings is 1. The molecular weight excluding hydrogens is 308 g/mol. The van der Waals surface area contributed by atoms with Crippen LogP contribution in [-0.2, 0) is 0 Å². The number of piperidine rings is 1. The largest absolute Gasteiger partial charge is 0.389 e. The van der Waals surface area contributed by atoms with E-state index in [0.717, 1.165) is 28.2 Å². The number of hydrogen-bond donors (Lipinski definition) is 1. The maximum Gasteiger partial charge on any atom is 0.107 e. The summed E-state index contributed by atoms with van der Waals surface area (Å²) in [5.74, 6) is 0.802. The van der Waals surface area contributed by atoms with Gasteiger partial charge in [0.1, 0.15) is 4.99 Å². The van der Waals surface area contributed by atoms with Gasteiger partial charge in [-0.1, -0.05) is 25.2 Å². The molecule has 18 heavy (non-hydrogen) atoms. The third-order valence-corrected chi connectivity index (χ3v) is 4.55. The molecule has 1 fully saturated rings. The maximum atomic E-state index is 5.87. The summed E-state index contributed by atoms with van der Waals surface area (Å²) in [7, 11) is 0. The number of nitrogens with two attached hydrogens (primary N) is 1. The molecule has 0 spiro atoms. The van der Waals surface area contributed by atoms with Crippen LogP contribution in [0.3, 0.4) is 0 Å². The molecule has 2 unspecified atom stereocenters. The van der Waals surface area contributed by atoms with E-state index in [9.17, 15) is 0 Å². The molecule has 0 saturated carbocycles. The Morgan fingerprint density at radius 1 is 1.44 bits per heavy atom. The van der Waals surface area contributed by atoms with Crippen molar-refractivity contribution in [3.63, 3.8) is 0 Å². The highest BCUT2D eigenvalue weighted by Gasteiger charge is 2.25. The molecule has 0 aliphatic carbocycles. The van der Waals surface area contributed by atoms with Crippen LogP contribution in [0.25, 0.3) is 0 Å². The van der Waals surface area contributed by atoms with Gasteiger partial charge < -0.3 is 10.6 Å². The molecule has 2 rings (SSSR count). The van der Waals surface area contributed by atoms with Crippen LogP contribution in [0.2, 0.25) is 0 Å². The predicted octanol–water partition coefficient (Wildman–Crippen LogP) is 3.71. The van der Waals surface area contributed by atoms with Crippen LogP contribution in [0.4, 0.5) is 5.69 Å². The molecule has 1 heterocycles. The number of thiocarbonyl (C=S) groups is 1. The minimum atomic E-state index is 0.461. The van der Waals surface area contributed by atoms with Gasteiger partial charge in [0.25, 0.3) is 0 Å². The fourth-order valence-corrected chi connectivity index (χ4v) is 3.68. The predicted molar refractivity (Wildman–Crippen MR) is 85.2 cm³/mol. The second-order valence-electron chi connectivity index (χ2n) is 5.17. The van der Waals surface area contributed by atoms with Crippen molar-refractivity contribution in [1.29, 1.82) is 0 Å². The number of halogens is 1. The standard InChI is InChI=1S/C14H19BrN2S/c1-9-6-7-17(10(2)8-9)12-5-3-4-11(15)13(12)14(16)18/h3-5,9-10H,6-8H2,1-2H3,(H2,16,18). The Labute approximate surface area is 123 Å². The lowest BCUT2D eigenvalue weighted by Gasteiger charge is -2.39. The summed E-state index contributed by atoms with van der Waals surface area (Å²) in [6.45, 7) is 5.68. The fourth-order valence-electron chi connectivity index (χ4n) is 2.76. The topological polar surface area (TPSA) is 29.3 Å². The Bertz CT molecular complexity index is 461. The third-order valence-electron chi connectivity index (χ3n) is 3.69. The van der Waals surface area contributed by atoms with Gasteiger partial charge in [-0.05, 0) is 53.7 Å². The Morgan fingerprint density at radius 2 is 2.17 bits per heavy atom. The van der Waals surface area contributed by atoms with Crippen molar-refractivity contribution in [2.24, 2.45) is 11.7 Å². The van der Waals surface area contributed by atoms with E-state index in [4.69, 9.17) is 18.0 Å². The van der Waals surface area contributed by atoms with Crippen LogP contribution >= 0.6 is 28.1 Å². The number of rotatable bonds is 2. The molecule has 1 aliphatic heterocycles. The second kappa shape index (κ2) is 5.57. The molecule has 98 valence electrons. The summed E-state index contributed by atoms with van der Waals surface area (Å²) in [5, 5.41) is 0. The van der Waals surface area contributed by atoms with Gasteiger partial charge in [-0.3, -0.25) is 0 Å². The van der Waals surface area contributed by atoms with Crippen molar-refractivity contribution in [2.75, 3.05) is 11.4 Å². The SMILES string of the molecule is CC1CCN(c2cccc(Br)c2C(N)=S)C(C)C1. The van der Waals surface area contributed by atoms with Crippen LogP contribution in [-0.4, -0.2) is 17.6 Å². The third kappa shape index (κ3) is 2.69. The minimum Gasteiger partial charge on any atom is -0.389 e. The Kier molecular flexibility index (Phi) is 4.28. The van der Waals surface area contributed by atoms with Gasteiger partial charge in [0.15, 0.2) is 0 Å². The van der Waals surface area contributed by atoms with Crippen molar-refractivity contribution in [2.45, 2.75) is 32.7 Å². The van der Waals surface area contributed by atoms with Gasteiger partial charge in [-0.25, -0.2) is 0 Å². The average molecular weight is 327 g/mol. The normalized spacial score (nSPS) is 24.1. The van der Waals surface area contributed by atoms with Crippen molar-refractivity contribution < 1.29 is 0 Å². The molecule has 2 N–H and O–H groups in total. The average Bonchev–Trinajstić information content (AvgIpc) is 2.28. The van der Waals surface area contributed by atoms with Gasteiger partial charge in [0.05, 0.1) is 0 Å². The summed E-state index contributed by atoms with van der Waals surface area (Å²) in [5.41, 5.74) is 8.00. The van der Waals surface area contributed by atoms with E-state index in [-0.39, 0.29) is 0 Å². The molecule has 4 heteroatoms. The van der Waals surface area contributed by atoms with Gasteiger partial charge in [-0.15, -0.1) is 0 Å². The van der Waals surface area contributed by atoms with Crippen LogP contribution < -0.4 is 10.6 Å². The van der Waals surface area contributed by atoms with E-state index in [1.54, 1.807) is 0 Å². The van der Waals surface area contributed by atoms with Gasteiger partial charge in [-0.2, -0.15) is 0 Å². The summed E-state index contributed by atoms with van der Waals surface area (Å²) in [6.07, 6.45) is 2.46. The van der Waals surface area contributed by atoms with E-state index in [1.807, 2.05) is 12.1 Å². The molecule has 0 bridgehead atoms. The van der Waals surface area contributed by atoms with Crippen molar-refractivity contribution in [3.8, 4) is 0 Å². The molecule has 1 aromatic rings. The molecular formula is C14H19BrN2S. The van der Waals surface area contributed by atoms with E-state index in [2.05, 4.69) is 40.7 Å². The highest BCUT2D eigenvalue weighted by molar-refractivity contribution is 9.10.